The van der Waals surface area contributed by atoms with Crippen molar-refractivity contribution in [3.63, 3.8) is 0 Å². The second kappa shape index (κ2) is 7.22. The third-order valence-electron chi connectivity index (χ3n) is 3.62. The average molecular weight is 311 g/mol. The van der Waals surface area contributed by atoms with Gasteiger partial charge in [-0.2, -0.15) is 4.31 Å². The molecule has 5 nitrogen and oxygen atoms in total. The van der Waals surface area contributed by atoms with Crippen LogP contribution in [-0.2, 0) is 10.0 Å². The Bertz CT molecular complexity index is 556. The lowest BCUT2D eigenvalue weighted by Gasteiger charge is -2.23. The number of anilines is 1. The zero-order chi connectivity index (χ0) is 15.3. The maximum absolute atomic E-state index is 12.9. The van der Waals surface area contributed by atoms with E-state index in [0.29, 0.717) is 17.1 Å². The molecule has 0 saturated heterocycles. The number of nitrogens with one attached hydrogen (secondary N) is 1. The van der Waals surface area contributed by atoms with Gasteiger partial charge in [0.15, 0.2) is 0 Å². The molecule has 0 bridgehead atoms. The van der Waals surface area contributed by atoms with Crippen molar-refractivity contribution < 1.29 is 8.42 Å². The van der Waals surface area contributed by atoms with Crippen LogP contribution >= 0.6 is 0 Å². The second-order valence-corrected chi connectivity index (χ2v) is 7.36. The highest BCUT2D eigenvalue weighted by atomic mass is 32.2. The zero-order valence-electron chi connectivity index (χ0n) is 12.9. The van der Waals surface area contributed by atoms with Crippen LogP contribution in [0.15, 0.2) is 23.4 Å². The molecule has 0 atom stereocenters. The lowest BCUT2D eigenvalue weighted by molar-refractivity contribution is 0.396. The van der Waals surface area contributed by atoms with Crippen molar-refractivity contribution in [2.75, 3.05) is 18.4 Å². The van der Waals surface area contributed by atoms with Crippen molar-refractivity contribution in [2.45, 2.75) is 56.9 Å². The van der Waals surface area contributed by atoms with Crippen LogP contribution in [0.3, 0.4) is 0 Å². The summed E-state index contributed by atoms with van der Waals surface area (Å²) in [6, 6.07) is 1.92. The summed E-state index contributed by atoms with van der Waals surface area (Å²) in [6.45, 7) is 5.49. The summed E-state index contributed by atoms with van der Waals surface area (Å²) in [7, 11) is -3.46. The van der Waals surface area contributed by atoms with Gasteiger partial charge in [0, 0.05) is 31.5 Å². The van der Waals surface area contributed by atoms with E-state index in [4.69, 9.17) is 0 Å². The molecule has 0 aromatic carbocycles. The van der Waals surface area contributed by atoms with Crippen molar-refractivity contribution >= 4 is 15.7 Å². The van der Waals surface area contributed by atoms with Gasteiger partial charge in [0.25, 0.3) is 0 Å². The van der Waals surface area contributed by atoms with Crippen LogP contribution in [0.25, 0.3) is 0 Å². The van der Waals surface area contributed by atoms with E-state index in [-0.39, 0.29) is 6.04 Å². The molecule has 1 aromatic rings. The smallest absolute Gasteiger partial charge is 0.246 e. The first-order chi connectivity index (χ1) is 10.1. The molecule has 0 unspecified atom stereocenters. The van der Waals surface area contributed by atoms with Crippen LogP contribution in [0.4, 0.5) is 5.69 Å². The normalized spacial score (nSPS) is 15.4. The Labute approximate surface area is 127 Å². The van der Waals surface area contributed by atoms with E-state index in [1.54, 1.807) is 16.6 Å². The van der Waals surface area contributed by atoms with Crippen LogP contribution in [0.2, 0.25) is 0 Å². The first-order valence-electron chi connectivity index (χ1n) is 7.81. The third kappa shape index (κ3) is 3.95. The Morgan fingerprint density at radius 1 is 1.33 bits per heavy atom. The maximum Gasteiger partial charge on any atom is 0.246 e. The van der Waals surface area contributed by atoms with Gasteiger partial charge < -0.3 is 5.32 Å². The number of unbranched alkanes of at least 4 members (excludes halogenated alkanes) is 1. The highest BCUT2D eigenvalue weighted by Gasteiger charge is 2.38. The SMILES string of the molecule is CCCCN(C1CC1)S(=O)(=O)c1cnccc1NCCC. The molecule has 0 aliphatic heterocycles. The Morgan fingerprint density at radius 3 is 2.71 bits per heavy atom. The van der Waals surface area contributed by atoms with Gasteiger partial charge in [0.2, 0.25) is 10.0 Å². The molecule has 1 aromatic heterocycles. The van der Waals surface area contributed by atoms with E-state index in [9.17, 15) is 8.42 Å². The first kappa shape index (κ1) is 16.2. The topological polar surface area (TPSA) is 62.3 Å². The summed E-state index contributed by atoms with van der Waals surface area (Å²) in [5, 5.41) is 3.19. The number of sulfonamides is 1. The highest BCUT2D eigenvalue weighted by Crippen LogP contribution is 2.34. The zero-order valence-corrected chi connectivity index (χ0v) is 13.7. The predicted octanol–water partition coefficient (Wildman–Crippen LogP) is 2.86. The minimum atomic E-state index is -3.46. The summed E-state index contributed by atoms with van der Waals surface area (Å²) in [5.74, 6) is 0. The molecule has 1 N–H and O–H groups in total. The Balaban J connectivity index is 2.28. The Morgan fingerprint density at radius 2 is 2.10 bits per heavy atom. The lowest BCUT2D eigenvalue weighted by atomic mass is 10.3. The van der Waals surface area contributed by atoms with Gasteiger partial charge in [0.1, 0.15) is 4.90 Å². The van der Waals surface area contributed by atoms with Gasteiger partial charge in [-0.25, -0.2) is 8.42 Å². The number of pyridine rings is 1. The van der Waals surface area contributed by atoms with Crippen molar-refractivity contribution in [2.24, 2.45) is 0 Å². The van der Waals surface area contributed by atoms with Gasteiger partial charge >= 0.3 is 0 Å². The molecule has 0 amide bonds. The monoisotopic (exact) mass is 311 g/mol. The Hall–Kier alpha value is -1.14. The van der Waals surface area contributed by atoms with Crippen LogP contribution in [0.1, 0.15) is 46.0 Å². The van der Waals surface area contributed by atoms with Gasteiger partial charge in [0.05, 0.1) is 5.69 Å². The van der Waals surface area contributed by atoms with Crippen molar-refractivity contribution in [1.82, 2.24) is 9.29 Å². The molecule has 1 saturated carbocycles. The molecule has 0 spiro atoms. The number of aromatic nitrogens is 1. The minimum absolute atomic E-state index is 0.181. The predicted molar refractivity (Wildman–Crippen MR) is 84.8 cm³/mol. The van der Waals surface area contributed by atoms with Crippen LogP contribution in [0.5, 0.6) is 0 Å². The van der Waals surface area contributed by atoms with Crippen LogP contribution < -0.4 is 5.32 Å². The molecule has 2 rings (SSSR count). The molecular formula is C15H25N3O2S. The second-order valence-electron chi connectivity index (χ2n) is 5.50. The standard InChI is InChI=1S/C15H25N3O2S/c1-3-5-11-18(13-6-7-13)21(19,20)15-12-16-10-8-14(15)17-9-4-2/h8,10,12-13H,3-7,9,11H2,1-2H3,(H,16,17). The quantitative estimate of drug-likeness (QED) is 0.762. The van der Waals surface area contributed by atoms with Crippen molar-refractivity contribution in [1.29, 1.82) is 0 Å². The van der Waals surface area contributed by atoms with Crippen LogP contribution in [0, 0.1) is 0 Å². The van der Waals surface area contributed by atoms with Crippen molar-refractivity contribution in [3.05, 3.63) is 18.5 Å². The third-order valence-corrected chi connectivity index (χ3v) is 5.60. The fourth-order valence-electron chi connectivity index (χ4n) is 2.29. The van der Waals surface area contributed by atoms with Gasteiger partial charge in [-0.05, 0) is 31.7 Å². The van der Waals surface area contributed by atoms with E-state index in [1.165, 1.54) is 6.20 Å². The van der Waals surface area contributed by atoms with E-state index in [1.807, 2.05) is 0 Å². The number of hydrogen-bond donors (Lipinski definition) is 1. The molecule has 118 valence electrons. The summed E-state index contributed by atoms with van der Waals surface area (Å²) >= 11 is 0. The summed E-state index contributed by atoms with van der Waals surface area (Å²) < 4.78 is 27.6. The summed E-state index contributed by atoms with van der Waals surface area (Å²) in [6.07, 6.45) is 7.88. The molecule has 0 radical (unpaired) electrons. The van der Waals surface area contributed by atoms with Gasteiger partial charge in [-0.15, -0.1) is 0 Å². The Kier molecular flexibility index (Phi) is 5.58. The summed E-state index contributed by atoms with van der Waals surface area (Å²) in [5.41, 5.74) is 0.661. The largest absolute Gasteiger partial charge is 0.384 e. The van der Waals surface area contributed by atoms with Crippen LogP contribution in [-0.4, -0.2) is 36.8 Å². The molecule has 21 heavy (non-hydrogen) atoms. The lowest BCUT2D eigenvalue weighted by Crippen LogP contribution is -2.34. The highest BCUT2D eigenvalue weighted by molar-refractivity contribution is 7.89. The fraction of sp³-hybridized carbons (Fsp3) is 0.667. The molecule has 6 heteroatoms. The van der Waals surface area contributed by atoms with E-state index < -0.39 is 10.0 Å². The van der Waals surface area contributed by atoms with E-state index in [0.717, 1.165) is 38.6 Å². The first-order valence-corrected chi connectivity index (χ1v) is 9.25. The molecule has 1 aliphatic carbocycles. The number of rotatable bonds is 9. The molecular weight excluding hydrogens is 286 g/mol. The summed E-state index contributed by atoms with van der Waals surface area (Å²) in [4.78, 5) is 4.32. The fourth-order valence-corrected chi connectivity index (χ4v) is 4.13. The number of hydrogen-bond acceptors (Lipinski definition) is 4. The molecule has 1 heterocycles. The minimum Gasteiger partial charge on any atom is -0.384 e. The maximum atomic E-state index is 12.9. The number of nitrogens with zero attached hydrogens (tertiary/aromatic N) is 2. The molecule has 1 aliphatic rings. The van der Waals surface area contributed by atoms with E-state index >= 15 is 0 Å². The molecule has 1 fully saturated rings. The van der Waals surface area contributed by atoms with Gasteiger partial charge in [-0.1, -0.05) is 20.3 Å². The average Bonchev–Trinajstić information content (AvgIpc) is 3.30. The van der Waals surface area contributed by atoms with Gasteiger partial charge in [-0.3, -0.25) is 4.98 Å². The van der Waals surface area contributed by atoms with Crippen molar-refractivity contribution in [3.8, 4) is 0 Å². The van der Waals surface area contributed by atoms with E-state index in [2.05, 4.69) is 24.1 Å².